The third-order valence-electron chi connectivity index (χ3n) is 2.98. The molecule has 0 aromatic heterocycles. The fraction of sp³-hybridized carbons (Fsp3) is 0.750. The van der Waals surface area contributed by atoms with E-state index < -0.39 is 10.8 Å². The molecule has 0 radical (unpaired) electrons. The molecule has 0 fully saturated rings. The normalized spacial score (nSPS) is 30.6. The van der Waals surface area contributed by atoms with Crippen molar-refractivity contribution < 1.29 is 9.53 Å². The summed E-state index contributed by atoms with van der Waals surface area (Å²) in [6.07, 6.45) is 3.31. The number of cyclic esters (lactones) is 1. The lowest BCUT2D eigenvalue weighted by atomic mass is 9.79. The van der Waals surface area contributed by atoms with Crippen LogP contribution in [0.2, 0.25) is 0 Å². The first-order chi connectivity index (χ1) is 7.47. The van der Waals surface area contributed by atoms with E-state index in [1.807, 2.05) is 13.8 Å². The van der Waals surface area contributed by atoms with E-state index in [2.05, 4.69) is 6.92 Å². The highest BCUT2D eigenvalue weighted by Gasteiger charge is 2.46. The van der Waals surface area contributed by atoms with E-state index in [0.29, 0.717) is 17.2 Å². The summed E-state index contributed by atoms with van der Waals surface area (Å²) in [5, 5.41) is -0.0589. The van der Waals surface area contributed by atoms with Crippen molar-refractivity contribution in [2.75, 3.05) is 0 Å². The van der Waals surface area contributed by atoms with Gasteiger partial charge in [-0.15, -0.1) is 11.6 Å². The molecule has 4 heteroatoms. The predicted molar refractivity (Wildman–Crippen MR) is 66.5 cm³/mol. The molecule has 0 saturated carbocycles. The van der Waals surface area contributed by atoms with E-state index in [4.69, 9.17) is 27.9 Å². The maximum Gasteiger partial charge on any atom is 0.330 e. The molecule has 2 unspecified atom stereocenters. The van der Waals surface area contributed by atoms with Crippen LogP contribution >= 0.6 is 23.2 Å². The Morgan fingerprint density at radius 3 is 2.50 bits per heavy atom. The second kappa shape index (κ2) is 5.42. The molecule has 16 heavy (non-hydrogen) atoms. The molecule has 1 rings (SSSR count). The number of alkyl halides is 1. The first-order valence-corrected chi connectivity index (χ1v) is 6.53. The molecule has 0 aromatic carbocycles. The fourth-order valence-corrected chi connectivity index (χ4v) is 2.71. The Kier molecular flexibility index (Phi) is 4.69. The van der Waals surface area contributed by atoms with Crippen molar-refractivity contribution in [2.45, 2.75) is 51.8 Å². The van der Waals surface area contributed by atoms with E-state index in [1.165, 1.54) is 0 Å². The summed E-state index contributed by atoms with van der Waals surface area (Å²) >= 11 is 12.4. The number of esters is 1. The monoisotopic (exact) mass is 264 g/mol. The van der Waals surface area contributed by atoms with E-state index in [-0.39, 0.29) is 5.97 Å². The van der Waals surface area contributed by atoms with Crippen LogP contribution in [-0.4, -0.2) is 11.3 Å². The third-order valence-corrected chi connectivity index (χ3v) is 4.29. The van der Waals surface area contributed by atoms with Crippen molar-refractivity contribution in [1.29, 1.82) is 0 Å². The SMILES string of the molecule is CCCC1=C(Cl)C(C)(CCC)C(Cl)C(=O)O1. The van der Waals surface area contributed by atoms with Crippen molar-refractivity contribution in [3.8, 4) is 0 Å². The zero-order valence-electron chi connectivity index (χ0n) is 9.98. The van der Waals surface area contributed by atoms with Gasteiger partial charge in [0, 0.05) is 11.8 Å². The van der Waals surface area contributed by atoms with Gasteiger partial charge in [-0.2, -0.15) is 0 Å². The molecule has 92 valence electrons. The van der Waals surface area contributed by atoms with Crippen molar-refractivity contribution in [1.82, 2.24) is 0 Å². The predicted octanol–water partition coefficient (Wildman–Crippen LogP) is 4.21. The van der Waals surface area contributed by atoms with Crippen LogP contribution in [0.1, 0.15) is 46.5 Å². The minimum Gasteiger partial charge on any atom is -0.429 e. The maximum atomic E-state index is 11.7. The van der Waals surface area contributed by atoms with Crippen LogP contribution in [0.5, 0.6) is 0 Å². The minimum absolute atomic E-state index is 0.370. The third kappa shape index (κ3) is 2.38. The van der Waals surface area contributed by atoms with Gasteiger partial charge in [0.05, 0.1) is 5.03 Å². The molecule has 1 heterocycles. The van der Waals surface area contributed by atoms with Gasteiger partial charge < -0.3 is 4.74 Å². The van der Waals surface area contributed by atoms with E-state index in [1.54, 1.807) is 0 Å². The molecule has 0 N–H and O–H groups in total. The lowest BCUT2D eigenvalue weighted by Crippen LogP contribution is -2.40. The standard InChI is InChI=1S/C12H18Cl2O2/c1-4-6-8-9(13)12(3,7-5-2)10(14)11(15)16-8/h10H,4-7H2,1-3H3. The van der Waals surface area contributed by atoms with Gasteiger partial charge in [-0.05, 0) is 12.8 Å². The van der Waals surface area contributed by atoms with Crippen LogP contribution in [0.25, 0.3) is 0 Å². The summed E-state index contributed by atoms with van der Waals surface area (Å²) in [6.45, 7) is 6.01. The number of allylic oxidation sites excluding steroid dienone is 2. The number of ether oxygens (including phenoxy) is 1. The minimum atomic E-state index is -0.680. The lowest BCUT2D eigenvalue weighted by Gasteiger charge is -2.37. The van der Waals surface area contributed by atoms with Gasteiger partial charge in [-0.25, -0.2) is 0 Å². The average molecular weight is 265 g/mol. The number of hydrogen-bond acceptors (Lipinski definition) is 2. The summed E-state index contributed by atoms with van der Waals surface area (Å²) in [5.74, 6) is 0.229. The highest BCUT2D eigenvalue weighted by atomic mass is 35.5. The van der Waals surface area contributed by atoms with Crippen LogP contribution in [0.15, 0.2) is 10.8 Å². The van der Waals surface area contributed by atoms with Gasteiger partial charge >= 0.3 is 5.97 Å². The molecule has 0 aromatic rings. The first-order valence-electron chi connectivity index (χ1n) is 5.72. The topological polar surface area (TPSA) is 26.3 Å². The zero-order valence-corrected chi connectivity index (χ0v) is 11.5. The van der Waals surface area contributed by atoms with Crippen LogP contribution in [0, 0.1) is 5.41 Å². The number of halogens is 2. The smallest absolute Gasteiger partial charge is 0.330 e. The largest absolute Gasteiger partial charge is 0.429 e. The number of carbonyl (C=O) groups excluding carboxylic acids is 1. The average Bonchev–Trinajstić information content (AvgIpc) is 2.24. The number of carbonyl (C=O) groups is 1. The highest BCUT2D eigenvalue weighted by Crippen LogP contribution is 2.47. The van der Waals surface area contributed by atoms with Crippen LogP contribution in [-0.2, 0) is 9.53 Å². The van der Waals surface area contributed by atoms with Crippen molar-refractivity contribution in [3.05, 3.63) is 10.8 Å². The van der Waals surface area contributed by atoms with Crippen LogP contribution in [0.3, 0.4) is 0 Å². The van der Waals surface area contributed by atoms with Crippen molar-refractivity contribution >= 4 is 29.2 Å². The summed E-state index contributed by atoms with van der Waals surface area (Å²) in [4.78, 5) is 11.7. The lowest BCUT2D eigenvalue weighted by molar-refractivity contribution is -0.143. The Balaban J connectivity index is 3.10. The molecule has 2 nitrogen and oxygen atoms in total. The van der Waals surface area contributed by atoms with Crippen molar-refractivity contribution in [3.63, 3.8) is 0 Å². The summed E-state index contributed by atoms with van der Waals surface area (Å²) in [7, 11) is 0. The Bertz CT molecular complexity index is 312. The van der Waals surface area contributed by atoms with Gasteiger partial charge in [-0.1, -0.05) is 38.8 Å². The van der Waals surface area contributed by atoms with E-state index in [9.17, 15) is 4.79 Å². The van der Waals surface area contributed by atoms with Gasteiger partial charge in [-0.3, -0.25) is 4.79 Å². The van der Waals surface area contributed by atoms with Gasteiger partial charge in [0.1, 0.15) is 11.1 Å². The molecule has 0 saturated heterocycles. The van der Waals surface area contributed by atoms with Crippen LogP contribution < -0.4 is 0 Å². The van der Waals surface area contributed by atoms with E-state index >= 15 is 0 Å². The van der Waals surface area contributed by atoms with Gasteiger partial charge in [0.2, 0.25) is 0 Å². The summed E-state index contributed by atoms with van der Waals surface area (Å²) < 4.78 is 5.17. The molecular formula is C12H18Cl2O2. The summed E-state index contributed by atoms with van der Waals surface area (Å²) in [6, 6.07) is 0. The summed E-state index contributed by atoms with van der Waals surface area (Å²) in [5.41, 5.74) is -0.475. The Labute approximate surface area is 107 Å². The molecule has 0 spiro atoms. The van der Waals surface area contributed by atoms with Gasteiger partial charge in [0.25, 0.3) is 0 Å². The van der Waals surface area contributed by atoms with E-state index in [0.717, 1.165) is 19.3 Å². The zero-order chi connectivity index (χ0) is 12.3. The molecule has 1 aliphatic rings. The maximum absolute atomic E-state index is 11.7. The number of rotatable bonds is 4. The Morgan fingerprint density at radius 1 is 1.38 bits per heavy atom. The second-order valence-corrected chi connectivity index (χ2v) is 5.25. The molecule has 0 aliphatic carbocycles. The molecule has 1 aliphatic heterocycles. The molecular weight excluding hydrogens is 247 g/mol. The van der Waals surface area contributed by atoms with Crippen LogP contribution in [0.4, 0.5) is 0 Å². The Morgan fingerprint density at radius 2 is 2.00 bits per heavy atom. The molecule has 0 bridgehead atoms. The molecule has 0 amide bonds. The molecule has 2 atom stereocenters. The number of hydrogen-bond donors (Lipinski definition) is 0. The fourth-order valence-electron chi connectivity index (χ4n) is 2.05. The highest BCUT2D eigenvalue weighted by molar-refractivity contribution is 6.36. The van der Waals surface area contributed by atoms with Gasteiger partial charge in [0.15, 0.2) is 0 Å². The Hall–Kier alpha value is -0.210. The second-order valence-electron chi connectivity index (χ2n) is 4.44. The van der Waals surface area contributed by atoms with Crippen molar-refractivity contribution in [2.24, 2.45) is 5.41 Å². The quantitative estimate of drug-likeness (QED) is 0.562. The first kappa shape index (κ1) is 13.9.